The van der Waals surface area contributed by atoms with Gasteiger partial charge in [-0.3, -0.25) is 4.79 Å². The lowest BCUT2D eigenvalue weighted by molar-refractivity contribution is 0.110. The zero-order valence-electron chi connectivity index (χ0n) is 6.72. The fraction of sp³-hybridized carbons (Fsp3) is 0.250. The Morgan fingerprint density at radius 2 is 2.23 bits per heavy atom. The number of carbonyl (C=O) groups is 1. The summed E-state index contributed by atoms with van der Waals surface area (Å²) in [5.41, 5.74) is 0.0454. The Bertz CT molecular complexity index is 341. The van der Waals surface area contributed by atoms with Crippen molar-refractivity contribution in [2.45, 2.75) is 13.3 Å². The number of alkyl halides is 2. The Kier molecular flexibility index (Phi) is 3.08. The molecule has 0 aromatic carbocycles. The van der Waals surface area contributed by atoms with E-state index in [0.717, 1.165) is 0 Å². The van der Waals surface area contributed by atoms with Gasteiger partial charge in [0, 0.05) is 5.56 Å². The summed E-state index contributed by atoms with van der Waals surface area (Å²) in [7, 11) is 0. The molecule has 0 radical (unpaired) electrons. The summed E-state index contributed by atoms with van der Waals surface area (Å²) >= 11 is 3.06. The van der Waals surface area contributed by atoms with Gasteiger partial charge in [-0.05, 0) is 34.5 Å². The number of nitrogens with zero attached hydrogens (tertiary/aromatic N) is 1. The highest BCUT2D eigenvalue weighted by molar-refractivity contribution is 9.10. The molecule has 0 aliphatic rings. The predicted molar refractivity (Wildman–Crippen MR) is 47.0 cm³/mol. The highest BCUT2D eigenvalue weighted by Crippen LogP contribution is 2.24. The lowest BCUT2D eigenvalue weighted by Crippen LogP contribution is -1.99. The fourth-order valence-corrected chi connectivity index (χ4v) is 1.20. The number of carbonyl (C=O) groups excluding carboxylic acids is 1. The molecule has 0 amide bonds. The maximum atomic E-state index is 12.3. The Balaban J connectivity index is 3.32. The minimum absolute atomic E-state index is 0.215. The van der Waals surface area contributed by atoms with Crippen molar-refractivity contribution in [3.05, 3.63) is 27.5 Å². The Morgan fingerprint density at radius 1 is 1.62 bits per heavy atom. The average molecular weight is 250 g/mol. The van der Waals surface area contributed by atoms with E-state index in [0.29, 0.717) is 16.5 Å². The van der Waals surface area contributed by atoms with E-state index in [1.54, 1.807) is 6.92 Å². The molecule has 0 saturated carbocycles. The molecule has 5 heteroatoms. The number of aryl methyl sites for hydroxylation is 1. The molecule has 0 atom stereocenters. The zero-order chi connectivity index (χ0) is 10.0. The van der Waals surface area contributed by atoms with Gasteiger partial charge in [-0.25, -0.2) is 13.8 Å². The third-order valence-electron chi connectivity index (χ3n) is 1.56. The molecule has 2 nitrogen and oxygen atoms in total. The van der Waals surface area contributed by atoms with Gasteiger partial charge < -0.3 is 0 Å². The quantitative estimate of drug-likeness (QED) is 0.596. The van der Waals surface area contributed by atoms with Gasteiger partial charge in [-0.1, -0.05) is 0 Å². The van der Waals surface area contributed by atoms with Crippen LogP contribution < -0.4 is 0 Å². The molecule has 0 aliphatic heterocycles. The van der Waals surface area contributed by atoms with Crippen molar-refractivity contribution in [3.63, 3.8) is 0 Å². The van der Waals surface area contributed by atoms with Gasteiger partial charge in [0.1, 0.15) is 10.3 Å². The molecule has 70 valence electrons. The van der Waals surface area contributed by atoms with Gasteiger partial charge in [-0.2, -0.15) is 0 Å². The highest BCUT2D eigenvalue weighted by atomic mass is 79.9. The summed E-state index contributed by atoms with van der Waals surface area (Å²) in [5.74, 6) is 0. The Morgan fingerprint density at radius 3 is 2.69 bits per heavy atom. The van der Waals surface area contributed by atoms with Crippen molar-refractivity contribution in [2.75, 3.05) is 0 Å². The molecule has 13 heavy (non-hydrogen) atoms. The van der Waals surface area contributed by atoms with Crippen LogP contribution in [0.1, 0.15) is 28.0 Å². The van der Waals surface area contributed by atoms with Crippen LogP contribution in [0, 0.1) is 6.92 Å². The summed E-state index contributed by atoms with van der Waals surface area (Å²) in [6.07, 6.45) is -2.34. The first-order chi connectivity index (χ1) is 6.06. The van der Waals surface area contributed by atoms with E-state index in [4.69, 9.17) is 0 Å². The molecular weight excluding hydrogens is 244 g/mol. The smallest absolute Gasteiger partial charge is 0.266 e. The first kappa shape index (κ1) is 10.2. The van der Waals surface area contributed by atoms with Crippen LogP contribution in [0.15, 0.2) is 10.7 Å². The van der Waals surface area contributed by atoms with Gasteiger partial charge in [0.05, 0.1) is 0 Å². The van der Waals surface area contributed by atoms with E-state index in [-0.39, 0.29) is 11.3 Å². The average Bonchev–Trinajstić information content (AvgIpc) is 2.08. The summed E-state index contributed by atoms with van der Waals surface area (Å²) in [4.78, 5) is 14.1. The number of aromatic nitrogens is 1. The minimum atomic E-state index is -2.67. The van der Waals surface area contributed by atoms with E-state index in [2.05, 4.69) is 20.9 Å². The predicted octanol–water partition coefficient (Wildman–Crippen LogP) is 2.90. The third kappa shape index (κ3) is 2.09. The van der Waals surface area contributed by atoms with Crippen molar-refractivity contribution in [2.24, 2.45) is 0 Å². The maximum Gasteiger partial charge on any atom is 0.266 e. The van der Waals surface area contributed by atoms with Crippen molar-refractivity contribution >= 4 is 22.2 Å². The van der Waals surface area contributed by atoms with Crippen molar-refractivity contribution in [3.8, 4) is 0 Å². The molecule has 1 rings (SSSR count). The Hall–Kier alpha value is -0.840. The highest BCUT2D eigenvalue weighted by Gasteiger charge is 2.15. The first-order valence-corrected chi connectivity index (χ1v) is 4.26. The molecule has 0 saturated heterocycles. The number of halogens is 3. The van der Waals surface area contributed by atoms with Gasteiger partial charge >= 0.3 is 0 Å². The molecule has 1 heterocycles. The van der Waals surface area contributed by atoms with E-state index in [1.807, 2.05) is 0 Å². The summed E-state index contributed by atoms with van der Waals surface area (Å²) in [6, 6.07) is 1.26. The van der Waals surface area contributed by atoms with Crippen LogP contribution in [0.2, 0.25) is 0 Å². The molecular formula is C8H6BrF2NO. The minimum Gasteiger partial charge on any atom is -0.296 e. The van der Waals surface area contributed by atoms with E-state index < -0.39 is 6.43 Å². The molecule has 0 spiro atoms. The topological polar surface area (TPSA) is 30.0 Å². The van der Waals surface area contributed by atoms with Gasteiger partial charge in [0.15, 0.2) is 6.29 Å². The van der Waals surface area contributed by atoms with Crippen LogP contribution in [0.25, 0.3) is 0 Å². The van der Waals surface area contributed by atoms with Gasteiger partial charge in [0.2, 0.25) is 0 Å². The van der Waals surface area contributed by atoms with Gasteiger partial charge in [-0.15, -0.1) is 0 Å². The lowest BCUT2D eigenvalue weighted by atomic mass is 10.1. The number of hydrogen-bond donors (Lipinski definition) is 0. The number of hydrogen-bond acceptors (Lipinski definition) is 2. The molecule has 1 aromatic rings. The van der Waals surface area contributed by atoms with Crippen molar-refractivity contribution < 1.29 is 13.6 Å². The lowest BCUT2D eigenvalue weighted by Gasteiger charge is -2.05. The second-order valence-electron chi connectivity index (χ2n) is 2.49. The summed E-state index contributed by atoms with van der Waals surface area (Å²) in [5, 5.41) is 0. The van der Waals surface area contributed by atoms with Crippen LogP contribution in [0.3, 0.4) is 0 Å². The molecule has 0 aliphatic carbocycles. The van der Waals surface area contributed by atoms with Crippen LogP contribution in [0.4, 0.5) is 8.78 Å². The summed E-state index contributed by atoms with van der Waals surface area (Å²) < 4.78 is 25.0. The maximum absolute atomic E-state index is 12.3. The molecule has 0 fully saturated rings. The first-order valence-electron chi connectivity index (χ1n) is 3.46. The standard InChI is InChI=1S/C8H6BrF2NO/c1-4-2-5(8(10)11)6(3-13)12-7(4)9/h2-3,8H,1H3. The van der Waals surface area contributed by atoms with E-state index in [1.165, 1.54) is 6.07 Å². The van der Waals surface area contributed by atoms with Crippen LogP contribution in [-0.2, 0) is 0 Å². The SMILES string of the molecule is Cc1cc(C(F)F)c(C=O)nc1Br. The zero-order valence-corrected chi connectivity index (χ0v) is 8.31. The van der Waals surface area contributed by atoms with E-state index in [9.17, 15) is 13.6 Å². The monoisotopic (exact) mass is 249 g/mol. The van der Waals surface area contributed by atoms with Crippen LogP contribution >= 0.6 is 15.9 Å². The second-order valence-corrected chi connectivity index (χ2v) is 3.24. The summed E-state index contributed by atoms with van der Waals surface area (Å²) in [6.45, 7) is 1.64. The normalized spacial score (nSPS) is 10.5. The number of rotatable bonds is 2. The van der Waals surface area contributed by atoms with Crippen molar-refractivity contribution in [1.29, 1.82) is 0 Å². The second kappa shape index (κ2) is 3.91. The molecule has 1 aromatic heterocycles. The fourth-order valence-electron chi connectivity index (χ4n) is 0.894. The van der Waals surface area contributed by atoms with Crippen LogP contribution in [-0.4, -0.2) is 11.3 Å². The van der Waals surface area contributed by atoms with E-state index >= 15 is 0 Å². The number of aldehydes is 1. The number of pyridine rings is 1. The van der Waals surface area contributed by atoms with Crippen LogP contribution in [0.5, 0.6) is 0 Å². The molecule has 0 unspecified atom stereocenters. The largest absolute Gasteiger partial charge is 0.296 e. The Labute approximate surface area is 82.1 Å². The van der Waals surface area contributed by atoms with Gasteiger partial charge in [0.25, 0.3) is 6.43 Å². The third-order valence-corrected chi connectivity index (χ3v) is 2.36. The van der Waals surface area contributed by atoms with Crippen molar-refractivity contribution in [1.82, 2.24) is 4.98 Å². The molecule has 0 N–H and O–H groups in total. The molecule has 0 bridgehead atoms.